The van der Waals surface area contributed by atoms with Crippen LogP contribution in [-0.2, 0) is 5.54 Å². The summed E-state index contributed by atoms with van der Waals surface area (Å²) in [6.45, 7) is 10.0. The summed E-state index contributed by atoms with van der Waals surface area (Å²) < 4.78 is 1.96. The highest BCUT2D eigenvalue weighted by Gasteiger charge is 2.28. The molecule has 1 aromatic heterocycles. The molecule has 2 heterocycles. The lowest BCUT2D eigenvalue weighted by Gasteiger charge is -2.31. The minimum Gasteiger partial charge on any atom is -0.341 e. The van der Waals surface area contributed by atoms with E-state index in [2.05, 4.69) is 48.6 Å². The maximum atomic E-state index is 11.6. The van der Waals surface area contributed by atoms with Crippen molar-refractivity contribution in [2.75, 3.05) is 20.1 Å². The molecule has 2 rings (SSSR count). The van der Waals surface area contributed by atoms with Crippen LogP contribution < -0.4 is 10.6 Å². The minimum absolute atomic E-state index is 0.00000364. The minimum atomic E-state index is -0.199. The highest BCUT2D eigenvalue weighted by atomic mass is 16.2. The van der Waals surface area contributed by atoms with Crippen LogP contribution in [-0.4, -0.2) is 52.1 Å². The predicted molar refractivity (Wildman–Crippen MR) is 85.6 cm³/mol. The van der Waals surface area contributed by atoms with Gasteiger partial charge in [-0.1, -0.05) is 19.1 Å². The molecule has 0 bridgehead atoms. The van der Waals surface area contributed by atoms with Gasteiger partial charge in [0.15, 0.2) is 0 Å². The van der Waals surface area contributed by atoms with Crippen LogP contribution in [0.5, 0.6) is 0 Å². The second-order valence-corrected chi connectivity index (χ2v) is 6.78. The van der Waals surface area contributed by atoms with Gasteiger partial charge in [0.1, 0.15) is 5.69 Å². The van der Waals surface area contributed by atoms with E-state index in [9.17, 15) is 4.79 Å². The van der Waals surface area contributed by atoms with Gasteiger partial charge in [0.25, 0.3) is 0 Å². The third kappa shape index (κ3) is 3.76. The number of amides is 2. The highest BCUT2D eigenvalue weighted by Crippen LogP contribution is 2.24. The molecule has 0 saturated carbocycles. The molecule has 1 fully saturated rings. The van der Waals surface area contributed by atoms with Gasteiger partial charge in [-0.3, -0.25) is 0 Å². The average Bonchev–Trinajstić information content (AvgIpc) is 2.96. The Labute approximate surface area is 132 Å². The predicted octanol–water partition coefficient (Wildman–Crippen LogP) is 1.49. The molecule has 124 valence electrons. The van der Waals surface area contributed by atoms with E-state index < -0.39 is 0 Å². The zero-order valence-corrected chi connectivity index (χ0v) is 14.3. The third-order valence-corrected chi connectivity index (χ3v) is 4.14. The summed E-state index contributed by atoms with van der Waals surface area (Å²) in [5, 5.41) is 14.8. The van der Waals surface area contributed by atoms with E-state index in [1.807, 2.05) is 15.8 Å². The number of urea groups is 1. The van der Waals surface area contributed by atoms with Crippen LogP contribution in [0.15, 0.2) is 6.20 Å². The number of hydrogen-bond acceptors (Lipinski definition) is 4. The zero-order valence-electron chi connectivity index (χ0n) is 14.3. The quantitative estimate of drug-likeness (QED) is 0.883. The molecule has 0 atom stereocenters. The van der Waals surface area contributed by atoms with Crippen LogP contribution in [0.3, 0.4) is 0 Å². The molecule has 0 spiro atoms. The second-order valence-electron chi connectivity index (χ2n) is 6.78. The molecule has 1 aliphatic heterocycles. The Balaban J connectivity index is 1.99. The van der Waals surface area contributed by atoms with Gasteiger partial charge in [-0.05, 0) is 26.7 Å². The number of hydrogen-bond donors (Lipinski definition) is 2. The summed E-state index contributed by atoms with van der Waals surface area (Å²) in [4.78, 5) is 13.5. The number of likely N-dealkylation sites (tertiary alicyclic amines) is 1. The fourth-order valence-electron chi connectivity index (χ4n) is 3.03. The van der Waals surface area contributed by atoms with Crippen LogP contribution in [0.4, 0.5) is 4.79 Å². The van der Waals surface area contributed by atoms with E-state index in [1.54, 1.807) is 7.05 Å². The molecule has 7 nitrogen and oxygen atoms in total. The lowest BCUT2D eigenvalue weighted by atomic mass is 10.00. The molecule has 1 aliphatic rings. The topological polar surface area (TPSA) is 75.1 Å². The molecule has 0 aromatic carbocycles. The highest BCUT2D eigenvalue weighted by molar-refractivity contribution is 5.73. The van der Waals surface area contributed by atoms with Gasteiger partial charge < -0.3 is 15.5 Å². The van der Waals surface area contributed by atoms with Crippen molar-refractivity contribution in [3.8, 4) is 0 Å². The first-order chi connectivity index (χ1) is 10.3. The zero-order chi connectivity index (χ0) is 16.3. The Morgan fingerprint density at radius 2 is 2.00 bits per heavy atom. The van der Waals surface area contributed by atoms with Crippen molar-refractivity contribution in [3.63, 3.8) is 0 Å². The summed E-state index contributed by atoms with van der Waals surface area (Å²) >= 11 is 0. The van der Waals surface area contributed by atoms with E-state index in [1.165, 1.54) is 0 Å². The molecule has 7 heteroatoms. The molecule has 2 amide bonds. The Kier molecular flexibility index (Phi) is 5.05. The molecular formula is C15H28N6O. The summed E-state index contributed by atoms with van der Waals surface area (Å²) in [5.41, 5.74) is 0.754. The summed E-state index contributed by atoms with van der Waals surface area (Å²) in [6, 6.07) is 0.702. The van der Waals surface area contributed by atoms with Crippen LogP contribution in [0.25, 0.3) is 0 Å². The average molecular weight is 308 g/mol. The molecule has 2 N–H and O–H groups in total. The van der Waals surface area contributed by atoms with Crippen LogP contribution in [0, 0.1) is 0 Å². The maximum Gasteiger partial charge on any atom is 0.317 e. The number of rotatable bonds is 4. The van der Waals surface area contributed by atoms with Crippen LogP contribution in [0.2, 0.25) is 0 Å². The number of aromatic nitrogens is 3. The van der Waals surface area contributed by atoms with Gasteiger partial charge in [0.2, 0.25) is 0 Å². The Morgan fingerprint density at radius 3 is 2.55 bits per heavy atom. The monoisotopic (exact) mass is 308 g/mol. The largest absolute Gasteiger partial charge is 0.341 e. The van der Waals surface area contributed by atoms with Gasteiger partial charge >= 0.3 is 6.03 Å². The number of carbonyl (C=O) groups excluding carboxylic acids is 1. The standard InChI is InChI=1S/C15H28N6O/c1-11(2)17-15(3,4)13-10-21(19-18-13)12-6-8-20(9-7-12)14(22)16-5/h10-12,17H,6-9H2,1-5H3,(H,16,22). The molecule has 0 aliphatic carbocycles. The van der Waals surface area contributed by atoms with Crippen molar-refractivity contribution in [1.82, 2.24) is 30.5 Å². The fourth-order valence-corrected chi connectivity index (χ4v) is 3.03. The first-order valence-electron chi connectivity index (χ1n) is 8.00. The second kappa shape index (κ2) is 6.64. The third-order valence-electron chi connectivity index (χ3n) is 4.14. The van der Waals surface area contributed by atoms with E-state index in [-0.39, 0.29) is 11.6 Å². The molecule has 0 unspecified atom stereocenters. The van der Waals surface area contributed by atoms with Crippen molar-refractivity contribution < 1.29 is 4.79 Å². The molecule has 1 saturated heterocycles. The number of carbonyl (C=O) groups is 1. The van der Waals surface area contributed by atoms with Crippen LogP contribution >= 0.6 is 0 Å². The SMILES string of the molecule is CNC(=O)N1CCC(n2cc(C(C)(C)NC(C)C)nn2)CC1. The first-order valence-corrected chi connectivity index (χ1v) is 8.00. The molecule has 0 radical (unpaired) electrons. The van der Waals surface area contributed by atoms with Gasteiger partial charge in [0.05, 0.1) is 17.8 Å². The van der Waals surface area contributed by atoms with Crippen LogP contribution in [0.1, 0.15) is 52.3 Å². The van der Waals surface area contributed by atoms with Gasteiger partial charge in [-0.2, -0.15) is 0 Å². The van der Waals surface area contributed by atoms with E-state index >= 15 is 0 Å². The van der Waals surface area contributed by atoms with E-state index in [0.29, 0.717) is 12.1 Å². The van der Waals surface area contributed by atoms with Crippen molar-refractivity contribution in [2.24, 2.45) is 0 Å². The number of nitrogens with one attached hydrogen (secondary N) is 2. The Hall–Kier alpha value is -1.63. The normalized spacial score (nSPS) is 17.1. The molecular weight excluding hydrogens is 280 g/mol. The van der Waals surface area contributed by atoms with E-state index in [0.717, 1.165) is 31.6 Å². The van der Waals surface area contributed by atoms with Crippen molar-refractivity contribution in [1.29, 1.82) is 0 Å². The van der Waals surface area contributed by atoms with Gasteiger partial charge in [0, 0.05) is 26.2 Å². The number of piperidine rings is 1. The van der Waals surface area contributed by atoms with Crippen molar-refractivity contribution in [3.05, 3.63) is 11.9 Å². The lowest BCUT2D eigenvalue weighted by molar-refractivity contribution is 0.170. The van der Waals surface area contributed by atoms with E-state index in [4.69, 9.17) is 0 Å². The molecule has 22 heavy (non-hydrogen) atoms. The Bertz CT molecular complexity index is 502. The summed E-state index contributed by atoms with van der Waals surface area (Å²) in [7, 11) is 1.67. The Morgan fingerprint density at radius 1 is 1.36 bits per heavy atom. The fraction of sp³-hybridized carbons (Fsp3) is 0.800. The van der Waals surface area contributed by atoms with Crippen molar-refractivity contribution >= 4 is 6.03 Å². The smallest absolute Gasteiger partial charge is 0.317 e. The van der Waals surface area contributed by atoms with Crippen molar-refractivity contribution in [2.45, 2.75) is 58.2 Å². The molecule has 1 aromatic rings. The van der Waals surface area contributed by atoms with Gasteiger partial charge in [-0.15, -0.1) is 5.10 Å². The summed E-state index contributed by atoms with van der Waals surface area (Å²) in [5.74, 6) is 0. The first kappa shape index (κ1) is 16.7. The summed E-state index contributed by atoms with van der Waals surface area (Å²) in [6.07, 6.45) is 3.86. The lowest BCUT2D eigenvalue weighted by Crippen LogP contribution is -2.43. The van der Waals surface area contributed by atoms with Gasteiger partial charge in [-0.25, -0.2) is 9.48 Å². The number of nitrogens with zero attached hydrogens (tertiary/aromatic N) is 4. The maximum absolute atomic E-state index is 11.6.